The predicted octanol–water partition coefficient (Wildman–Crippen LogP) is 1.84. The Morgan fingerprint density at radius 2 is 1.92 bits per heavy atom. The Labute approximate surface area is 71.6 Å². The molecule has 0 bridgehead atoms. The Kier molecular flexibility index (Phi) is 1.75. The molecule has 64 valence electrons. The molecule has 0 aliphatic heterocycles. The first-order valence-electron chi connectivity index (χ1n) is 4.35. The number of carbonyl (C=O) groups is 1. The van der Waals surface area contributed by atoms with Crippen LogP contribution in [0.3, 0.4) is 0 Å². The molecule has 2 nitrogen and oxygen atoms in total. The van der Waals surface area contributed by atoms with Crippen LogP contribution >= 0.6 is 0 Å². The van der Waals surface area contributed by atoms with Gasteiger partial charge in [-0.3, -0.25) is 4.79 Å². The average Bonchev–Trinajstić information content (AvgIpc) is 2.49. The van der Waals surface area contributed by atoms with Gasteiger partial charge in [0.15, 0.2) is 0 Å². The first-order chi connectivity index (χ1) is 5.79. The SMILES string of the molecule is O=C(O)[C@H]1C=CC[C@H]2CC=C[C@H]21. The minimum atomic E-state index is -0.687. The number of hydrogen-bond donors (Lipinski definition) is 1. The molecule has 0 unspecified atom stereocenters. The Bertz CT molecular complexity index is 253. The largest absolute Gasteiger partial charge is 0.481 e. The molecule has 0 aromatic rings. The number of aliphatic carboxylic acids is 1. The number of allylic oxidation sites excluding steroid dienone is 3. The molecule has 0 fully saturated rings. The zero-order chi connectivity index (χ0) is 8.55. The van der Waals surface area contributed by atoms with E-state index in [1.165, 1.54) is 0 Å². The van der Waals surface area contributed by atoms with Crippen molar-refractivity contribution in [2.45, 2.75) is 12.8 Å². The summed E-state index contributed by atoms with van der Waals surface area (Å²) in [6.45, 7) is 0. The molecule has 3 atom stereocenters. The first kappa shape index (κ1) is 7.59. The van der Waals surface area contributed by atoms with Crippen molar-refractivity contribution in [3.63, 3.8) is 0 Å². The molecule has 2 aliphatic rings. The van der Waals surface area contributed by atoms with Crippen molar-refractivity contribution in [3.05, 3.63) is 24.3 Å². The molecule has 0 aromatic heterocycles. The van der Waals surface area contributed by atoms with E-state index in [1.807, 2.05) is 12.2 Å². The van der Waals surface area contributed by atoms with Crippen LogP contribution in [0.25, 0.3) is 0 Å². The predicted molar refractivity (Wildman–Crippen MR) is 45.6 cm³/mol. The highest BCUT2D eigenvalue weighted by atomic mass is 16.4. The number of carboxylic acids is 1. The molecule has 2 rings (SSSR count). The van der Waals surface area contributed by atoms with Gasteiger partial charge in [0.1, 0.15) is 0 Å². The third kappa shape index (κ3) is 1.07. The fourth-order valence-corrected chi connectivity index (χ4v) is 2.17. The molecule has 0 aromatic carbocycles. The highest BCUT2D eigenvalue weighted by Crippen LogP contribution is 2.38. The molecule has 1 N–H and O–H groups in total. The van der Waals surface area contributed by atoms with E-state index in [9.17, 15) is 4.79 Å². The summed E-state index contributed by atoms with van der Waals surface area (Å²) >= 11 is 0. The van der Waals surface area contributed by atoms with E-state index in [2.05, 4.69) is 12.2 Å². The van der Waals surface area contributed by atoms with E-state index in [4.69, 9.17) is 5.11 Å². The monoisotopic (exact) mass is 164 g/mol. The summed E-state index contributed by atoms with van der Waals surface area (Å²) in [5, 5.41) is 8.90. The Balaban J connectivity index is 2.22. The van der Waals surface area contributed by atoms with E-state index in [0.29, 0.717) is 5.92 Å². The van der Waals surface area contributed by atoms with Crippen LogP contribution < -0.4 is 0 Å². The summed E-state index contributed by atoms with van der Waals surface area (Å²) in [7, 11) is 0. The van der Waals surface area contributed by atoms with Crippen molar-refractivity contribution in [2.24, 2.45) is 17.8 Å². The van der Waals surface area contributed by atoms with E-state index in [-0.39, 0.29) is 11.8 Å². The van der Waals surface area contributed by atoms with Gasteiger partial charge in [-0.2, -0.15) is 0 Å². The quantitative estimate of drug-likeness (QED) is 0.600. The third-order valence-corrected chi connectivity index (χ3v) is 2.82. The van der Waals surface area contributed by atoms with Gasteiger partial charge in [0.25, 0.3) is 0 Å². The van der Waals surface area contributed by atoms with Crippen molar-refractivity contribution in [1.82, 2.24) is 0 Å². The third-order valence-electron chi connectivity index (χ3n) is 2.82. The van der Waals surface area contributed by atoms with Crippen LogP contribution in [0.1, 0.15) is 12.8 Å². The van der Waals surface area contributed by atoms with Gasteiger partial charge < -0.3 is 5.11 Å². The lowest BCUT2D eigenvalue weighted by atomic mass is 9.78. The topological polar surface area (TPSA) is 37.3 Å². The second-order valence-electron chi connectivity index (χ2n) is 3.53. The number of fused-ring (bicyclic) bond motifs is 1. The second-order valence-corrected chi connectivity index (χ2v) is 3.53. The average molecular weight is 164 g/mol. The first-order valence-corrected chi connectivity index (χ1v) is 4.35. The van der Waals surface area contributed by atoms with Crippen LogP contribution in [-0.4, -0.2) is 11.1 Å². The van der Waals surface area contributed by atoms with Gasteiger partial charge in [-0.05, 0) is 24.7 Å². The second kappa shape index (κ2) is 2.77. The van der Waals surface area contributed by atoms with E-state index in [1.54, 1.807) is 0 Å². The molecule has 0 radical (unpaired) electrons. The van der Waals surface area contributed by atoms with Crippen LogP contribution in [-0.2, 0) is 4.79 Å². The van der Waals surface area contributed by atoms with Crippen LogP contribution in [0.2, 0.25) is 0 Å². The fraction of sp³-hybridized carbons (Fsp3) is 0.500. The molecule has 2 heteroatoms. The normalized spacial score (nSPS) is 38.2. The van der Waals surface area contributed by atoms with Crippen molar-refractivity contribution in [1.29, 1.82) is 0 Å². The molecule has 2 aliphatic carbocycles. The molecule has 0 amide bonds. The van der Waals surface area contributed by atoms with Gasteiger partial charge in [-0.15, -0.1) is 0 Å². The lowest BCUT2D eigenvalue weighted by Crippen LogP contribution is -2.26. The van der Waals surface area contributed by atoms with Crippen molar-refractivity contribution < 1.29 is 9.90 Å². The number of rotatable bonds is 1. The summed E-state index contributed by atoms with van der Waals surface area (Å²) in [5.41, 5.74) is 0. The summed E-state index contributed by atoms with van der Waals surface area (Å²) in [4.78, 5) is 10.8. The van der Waals surface area contributed by atoms with Crippen molar-refractivity contribution in [2.75, 3.05) is 0 Å². The highest BCUT2D eigenvalue weighted by molar-refractivity contribution is 5.73. The standard InChI is InChI=1S/C10H12O2/c11-10(12)9-6-2-4-7-3-1-5-8(7)9/h1-2,5-9H,3-4H2,(H,11,12)/t7-,8-,9+/m1/s1. The smallest absolute Gasteiger partial charge is 0.310 e. The fourth-order valence-electron chi connectivity index (χ4n) is 2.17. The summed E-state index contributed by atoms with van der Waals surface area (Å²) < 4.78 is 0. The van der Waals surface area contributed by atoms with Gasteiger partial charge in [-0.1, -0.05) is 24.3 Å². The van der Waals surface area contributed by atoms with Crippen molar-refractivity contribution in [3.8, 4) is 0 Å². The van der Waals surface area contributed by atoms with E-state index < -0.39 is 5.97 Å². The minimum absolute atomic E-state index is 0.257. The van der Waals surface area contributed by atoms with E-state index in [0.717, 1.165) is 12.8 Å². The van der Waals surface area contributed by atoms with Crippen LogP contribution in [0, 0.1) is 17.8 Å². The molecular formula is C10H12O2. The lowest BCUT2D eigenvalue weighted by Gasteiger charge is -2.25. The maximum absolute atomic E-state index is 10.8. The molecule has 0 saturated carbocycles. The lowest BCUT2D eigenvalue weighted by molar-refractivity contribution is -0.141. The molecule has 0 heterocycles. The van der Waals surface area contributed by atoms with Gasteiger partial charge in [-0.25, -0.2) is 0 Å². The Morgan fingerprint density at radius 1 is 1.25 bits per heavy atom. The highest BCUT2D eigenvalue weighted by Gasteiger charge is 2.34. The maximum Gasteiger partial charge on any atom is 0.310 e. The molecule has 0 spiro atoms. The zero-order valence-electron chi connectivity index (χ0n) is 6.81. The molecule has 0 saturated heterocycles. The minimum Gasteiger partial charge on any atom is -0.481 e. The summed E-state index contributed by atoms with van der Waals surface area (Å²) in [6, 6.07) is 0. The van der Waals surface area contributed by atoms with Crippen LogP contribution in [0.5, 0.6) is 0 Å². The summed E-state index contributed by atoms with van der Waals surface area (Å²) in [5.74, 6) is -0.154. The Morgan fingerprint density at radius 3 is 2.58 bits per heavy atom. The van der Waals surface area contributed by atoms with E-state index >= 15 is 0 Å². The zero-order valence-corrected chi connectivity index (χ0v) is 6.81. The van der Waals surface area contributed by atoms with Gasteiger partial charge in [0.05, 0.1) is 5.92 Å². The molecular weight excluding hydrogens is 152 g/mol. The van der Waals surface area contributed by atoms with Gasteiger partial charge in [0.2, 0.25) is 0 Å². The number of carboxylic acid groups (broad SMARTS) is 1. The van der Waals surface area contributed by atoms with Crippen LogP contribution in [0.4, 0.5) is 0 Å². The van der Waals surface area contributed by atoms with Gasteiger partial charge in [0, 0.05) is 0 Å². The summed E-state index contributed by atoms with van der Waals surface area (Å²) in [6.07, 6.45) is 10.1. The van der Waals surface area contributed by atoms with Gasteiger partial charge >= 0.3 is 5.97 Å². The Hall–Kier alpha value is -1.05. The maximum atomic E-state index is 10.8. The molecule has 12 heavy (non-hydrogen) atoms. The van der Waals surface area contributed by atoms with Crippen molar-refractivity contribution >= 4 is 5.97 Å². The van der Waals surface area contributed by atoms with Crippen LogP contribution in [0.15, 0.2) is 24.3 Å². The number of hydrogen-bond acceptors (Lipinski definition) is 1.